The van der Waals surface area contributed by atoms with Crippen molar-refractivity contribution in [3.8, 4) is 17.2 Å². The molecular formula is C29H25FN4O4. The van der Waals surface area contributed by atoms with Gasteiger partial charge in [0.2, 0.25) is 17.7 Å². The lowest BCUT2D eigenvalue weighted by atomic mass is 10.1. The van der Waals surface area contributed by atoms with Crippen LogP contribution in [0.3, 0.4) is 0 Å². The lowest BCUT2D eigenvalue weighted by molar-refractivity contribution is -0.111. The number of amides is 1. The van der Waals surface area contributed by atoms with Crippen molar-refractivity contribution in [1.82, 2.24) is 14.8 Å². The third-order valence-corrected chi connectivity index (χ3v) is 6.31. The Morgan fingerprint density at radius 1 is 1.13 bits per heavy atom. The van der Waals surface area contributed by atoms with Gasteiger partial charge in [-0.3, -0.25) is 9.59 Å². The molecule has 1 aliphatic rings. The van der Waals surface area contributed by atoms with Gasteiger partial charge >= 0.3 is 0 Å². The second-order valence-corrected chi connectivity index (χ2v) is 9.19. The maximum Gasteiger partial charge on any atom is 0.247 e. The summed E-state index contributed by atoms with van der Waals surface area (Å²) in [6.07, 6.45) is 5.08. The minimum atomic E-state index is -0.370. The van der Waals surface area contributed by atoms with Crippen molar-refractivity contribution in [3.05, 3.63) is 105 Å². The lowest BCUT2D eigenvalue weighted by Crippen LogP contribution is -2.18. The molecule has 0 spiro atoms. The van der Waals surface area contributed by atoms with Crippen LogP contribution in [0.15, 0.2) is 58.4 Å². The van der Waals surface area contributed by atoms with Gasteiger partial charge < -0.3 is 19.0 Å². The van der Waals surface area contributed by atoms with Crippen LogP contribution in [0.1, 0.15) is 39.7 Å². The zero-order valence-corrected chi connectivity index (χ0v) is 21.4. The van der Waals surface area contributed by atoms with E-state index in [0.717, 1.165) is 5.57 Å². The number of carbonyl (C=O) groups is 1. The van der Waals surface area contributed by atoms with Crippen molar-refractivity contribution >= 4 is 23.2 Å². The number of pyridine rings is 1. The van der Waals surface area contributed by atoms with Crippen molar-refractivity contribution in [2.45, 2.75) is 34.1 Å². The number of nitrogens with one attached hydrogen (secondary N) is 1. The molecule has 0 bridgehead atoms. The molecule has 1 amide bonds. The highest BCUT2D eigenvalue weighted by Gasteiger charge is 2.26. The van der Waals surface area contributed by atoms with Crippen LogP contribution in [-0.4, -0.2) is 20.7 Å². The van der Waals surface area contributed by atoms with Crippen LogP contribution in [0.25, 0.3) is 17.3 Å². The number of fused-ring (bicyclic) bond motifs is 1. The molecule has 0 fully saturated rings. The van der Waals surface area contributed by atoms with Crippen molar-refractivity contribution in [2.75, 3.05) is 5.32 Å². The van der Waals surface area contributed by atoms with Crippen LogP contribution in [-0.2, 0) is 11.2 Å². The van der Waals surface area contributed by atoms with E-state index in [-0.39, 0.29) is 17.2 Å². The summed E-state index contributed by atoms with van der Waals surface area (Å²) in [6.45, 7) is 10.5. The fourth-order valence-electron chi connectivity index (χ4n) is 4.55. The summed E-state index contributed by atoms with van der Waals surface area (Å²) < 4.78 is 27.8. The molecule has 1 aliphatic carbocycles. The number of hydrogen-bond acceptors (Lipinski definition) is 6. The smallest absolute Gasteiger partial charge is 0.247 e. The van der Waals surface area contributed by atoms with Gasteiger partial charge in [0.25, 0.3) is 0 Å². The van der Waals surface area contributed by atoms with E-state index in [1.807, 2.05) is 10.6 Å². The van der Waals surface area contributed by atoms with Gasteiger partial charge in [-0.2, -0.15) is 0 Å². The number of carbonyl (C=O) groups excluding carboxylic acids is 1. The minimum absolute atomic E-state index is 0.0810. The summed E-state index contributed by atoms with van der Waals surface area (Å²) in [5.74, 6) is 1.02. The Balaban J connectivity index is 1.71. The van der Waals surface area contributed by atoms with Crippen molar-refractivity contribution in [2.24, 2.45) is 0 Å². The second-order valence-electron chi connectivity index (χ2n) is 9.19. The summed E-state index contributed by atoms with van der Waals surface area (Å²) >= 11 is 0. The Morgan fingerprint density at radius 3 is 2.53 bits per heavy atom. The minimum Gasteiger partial charge on any atom is -0.455 e. The van der Waals surface area contributed by atoms with Crippen molar-refractivity contribution < 1.29 is 18.3 Å². The molecule has 0 atom stereocenters. The predicted molar refractivity (Wildman–Crippen MR) is 142 cm³/mol. The molecule has 5 rings (SSSR count). The first-order chi connectivity index (χ1) is 18.1. The zero-order chi connectivity index (χ0) is 27.1. The van der Waals surface area contributed by atoms with Gasteiger partial charge in [-0.25, -0.2) is 4.39 Å². The second kappa shape index (κ2) is 9.59. The van der Waals surface area contributed by atoms with E-state index < -0.39 is 0 Å². The van der Waals surface area contributed by atoms with E-state index in [1.54, 1.807) is 52.1 Å². The molecule has 8 nitrogen and oxygen atoms in total. The van der Waals surface area contributed by atoms with E-state index in [0.29, 0.717) is 69.0 Å². The van der Waals surface area contributed by atoms with Crippen LogP contribution in [0, 0.1) is 33.5 Å². The number of rotatable bonds is 6. The standard InChI is InChI=1S/C29H25FN4O4/c1-6-26(35)31-21-7-8-25(38-28-15(2)9-20(30)10-16(28)3)24(13-21)34-14-17(4)27(36)22-11-19(12-23(22)34)29-33-32-18(5)37-29/h6-10,12-14H,1,11H2,2-5H3,(H,31,35). The molecule has 4 aromatic rings. The SMILES string of the molecule is C=CC(=O)Nc1ccc(Oc2c(C)cc(F)cc2C)c(-n2cc(C)c(=O)c3c2C=C(c2nnc(C)o2)C3)c1. The molecule has 1 N–H and O–H groups in total. The molecule has 2 aromatic carbocycles. The normalized spacial score (nSPS) is 12.2. The molecule has 9 heteroatoms. The van der Waals surface area contributed by atoms with Gasteiger partial charge in [-0.15, -0.1) is 10.2 Å². The van der Waals surface area contributed by atoms with Gasteiger partial charge in [-0.1, -0.05) is 6.58 Å². The Labute approximate surface area is 218 Å². The molecule has 0 saturated carbocycles. The number of hydrogen-bond donors (Lipinski definition) is 1. The first-order valence-electron chi connectivity index (χ1n) is 11.9. The maximum atomic E-state index is 13.9. The molecule has 192 valence electrons. The third kappa shape index (κ3) is 4.54. The van der Waals surface area contributed by atoms with Crippen LogP contribution in [0.5, 0.6) is 11.5 Å². The summed E-state index contributed by atoms with van der Waals surface area (Å²) in [4.78, 5) is 25.2. The zero-order valence-electron chi connectivity index (χ0n) is 21.4. The summed E-state index contributed by atoms with van der Waals surface area (Å²) in [7, 11) is 0. The molecule has 0 radical (unpaired) electrons. The highest BCUT2D eigenvalue weighted by Crippen LogP contribution is 2.38. The number of aryl methyl sites for hydroxylation is 4. The van der Waals surface area contributed by atoms with Crippen LogP contribution in [0.2, 0.25) is 0 Å². The molecule has 38 heavy (non-hydrogen) atoms. The highest BCUT2D eigenvalue weighted by molar-refractivity contribution is 5.99. The Kier molecular flexibility index (Phi) is 6.28. The molecule has 0 aliphatic heterocycles. The van der Waals surface area contributed by atoms with Gasteiger partial charge in [0.15, 0.2) is 11.2 Å². The molecule has 2 aromatic heterocycles. The number of allylic oxidation sites excluding steroid dienone is 1. The van der Waals surface area contributed by atoms with Gasteiger partial charge in [-0.05, 0) is 74.4 Å². The molecular weight excluding hydrogens is 487 g/mol. The highest BCUT2D eigenvalue weighted by atomic mass is 19.1. The monoisotopic (exact) mass is 512 g/mol. The Bertz CT molecular complexity index is 1690. The fourth-order valence-corrected chi connectivity index (χ4v) is 4.55. The van der Waals surface area contributed by atoms with E-state index in [4.69, 9.17) is 9.15 Å². The Morgan fingerprint density at radius 2 is 1.87 bits per heavy atom. The van der Waals surface area contributed by atoms with E-state index >= 15 is 0 Å². The lowest BCUT2D eigenvalue weighted by Gasteiger charge is -2.20. The van der Waals surface area contributed by atoms with Crippen LogP contribution < -0.4 is 15.5 Å². The van der Waals surface area contributed by atoms with E-state index in [9.17, 15) is 14.0 Å². The predicted octanol–water partition coefficient (Wildman–Crippen LogP) is 5.61. The number of anilines is 1. The van der Waals surface area contributed by atoms with Gasteiger partial charge in [0, 0.05) is 41.9 Å². The fraction of sp³-hybridized carbons (Fsp3) is 0.172. The average Bonchev–Trinajstić information content (AvgIpc) is 3.51. The first kappa shape index (κ1) is 24.9. The molecule has 0 saturated heterocycles. The van der Waals surface area contributed by atoms with Crippen molar-refractivity contribution in [3.63, 3.8) is 0 Å². The first-order valence-corrected chi connectivity index (χ1v) is 11.9. The summed E-state index contributed by atoms with van der Waals surface area (Å²) in [6, 6.07) is 7.98. The van der Waals surface area contributed by atoms with E-state index in [2.05, 4.69) is 22.1 Å². The quantitative estimate of drug-likeness (QED) is 0.337. The topological polar surface area (TPSA) is 99.2 Å². The van der Waals surface area contributed by atoms with E-state index in [1.165, 1.54) is 18.2 Å². The summed E-state index contributed by atoms with van der Waals surface area (Å²) in [5.41, 5.74) is 4.72. The van der Waals surface area contributed by atoms with Gasteiger partial charge in [0.1, 0.15) is 11.6 Å². The van der Waals surface area contributed by atoms with Crippen LogP contribution >= 0.6 is 0 Å². The van der Waals surface area contributed by atoms with Crippen LogP contribution in [0.4, 0.5) is 10.1 Å². The number of aromatic nitrogens is 3. The third-order valence-electron chi connectivity index (χ3n) is 6.31. The number of halogens is 1. The molecule has 0 unspecified atom stereocenters. The molecule has 2 heterocycles. The van der Waals surface area contributed by atoms with Gasteiger partial charge in [0.05, 0.1) is 11.4 Å². The maximum absolute atomic E-state index is 13.9. The summed E-state index contributed by atoms with van der Waals surface area (Å²) in [5, 5.41) is 10.8. The number of ether oxygens (including phenoxy) is 1. The largest absolute Gasteiger partial charge is 0.455 e. The number of nitrogens with zero attached hydrogens (tertiary/aromatic N) is 3. The Hall–Kier alpha value is -4.79. The number of benzene rings is 2. The average molecular weight is 513 g/mol. The van der Waals surface area contributed by atoms with Crippen molar-refractivity contribution in [1.29, 1.82) is 0 Å².